The number of pyridine rings is 2. The molecule has 2 nitrogen and oxygen atoms in total. The Labute approximate surface area is 317 Å². The van der Waals surface area contributed by atoms with Crippen LogP contribution < -0.4 is 0 Å². The third-order valence-corrected chi connectivity index (χ3v) is 9.17. The van der Waals surface area contributed by atoms with Crippen molar-refractivity contribution in [3.05, 3.63) is 167 Å². The van der Waals surface area contributed by atoms with Gasteiger partial charge in [0.2, 0.25) is 0 Å². The van der Waals surface area contributed by atoms with Crippen molar-refractivity contribution in [3.63, 3.8) is 0 Å². The summed E-state index contributed by atoms with van der Waals surface area (Å²) in [5.41, 5.74) is -16.6. The summed E-state index contributed by atoms with van der Waals surface area (Å²) in [6.45, 7) is 0. The summed E-state index contributed by atoms with van der Waals surface area (Å²) in [4.78, 5) is 7.36. The van der Waals surface area contributed by atoms with Gasteiger partial charge in [-0.25, -0.2) is 35.1 Å². The van der Waals surface area contributed by atoms with Gasteiger partial charge in [-0.05, 0) is 69.8 Å². The van der Waals surface area contributed by atoms with Gasteiger partial charge in [-0.15, -0.1) is 0 Å². The third-order valence-electron chi connectivity index (χ3n) is 9.17. The van der Waals surface area contributed by atoms with E-state index >= 15 is 35.1 Å². The molecule has 2 heterocycles. The van der Waals surface area contributed by atoms with E-state index in [1.54, 1.807) is 0 Å². The van der Waals surface area contributed by atoms with E-state index in [1.807, 2.05) is 0 Å². The lowest BCUT2D eigenvalue weighted by atomic mass is 9.82. The largest absolute Gasteiger partial charge is 0.417 e. The van der Waals surface area contributed by atoms with E-state index in [2.05, 4.69) is 9.97 Å². The minimum Gasteiger partial charge on any atom is -0.264 e. The highest BCUT2D eigenvalue weighted by Crippen LogP contribution is 2.51. The molecule has 7 rings (SSSR count). The highest BCUT2D eigenvalue weighted by molar-refractivity contribution is 5.98. The Morgan fingerprint density at radius 2 is 0.672 bits per heavy atom. The van der Waals surface area contributed by atoms with Crippen molar-refractivity contribution in [2.24, 2.45) is 0 Å². The third kappa shape index (κ3) is 6.71. The van der Waals surface area contributed by atoms with Gasteiger partial charge in [-0.3, -0.25) is 9.97 Å². The molecule has 0 aliphatic carbocycles. The molecule has 0 bridgehead atoms. The molecule has 0 unspecified atom stereocenters. The minimum absolute atomic E-state index is 0.373. The summed E-state index contributed by atoms with van der Waals surface area (Å²) in [5.74, 6) is -17.6. The summed E-state index contributed by atoms with van der Waals surface area (Å²) in [5, 5.41) is 0. The number of hydrogen-bond donors (Lipinski definition) is 0. The van der Waals surface area contributed by atoms with E-state index in [4.69, 9.17) is 0 Å². The zero-order chi connectivity index (χ0) is 41.8. The van der Waals surface area contributed by atoms with Gasteiger partial charge in [0.15, 0.2) is 34.9 Å². The lowest BCUT2D eigenvalue weighted by Gasteiger charge is -2.24. The highest BCUT2D eigenvalue weighted by atomic mass is 19.4. The van der Waals surface area contributed by atoms with Crippen LogP contribution in [0.15, 0.2) is 110 Å². The van der Waals surface area contributed by atoms with E-state index < -0.39 is 137 Å². The second-order valence-electron chi connectivity index (χ2n) is 12.5. The molecule has 0 saturated carbocycles. The number of alkyl halides is 6. The molecule has 0 amide bonds. The van der Waals surface area contributed by atoms with Crippen LogP contribution in [-0.4, -0.2) is 9.97 Å². The van der Waals surface area contributed by atoms with E-state index in [1.165, 1.54) is 0 Å². The summed E-state index contributed by atoms with van der Waals surface area (Å²) in [6.07, 6.45) is -6.69. The van der Waals surface area contributed by atoms with Crippen molar-refractivity contribution in [1.29, 1.82) is 0 Å². The van der Waals surface area contributed by atoms with Crippen LogP contribution in [0.4, 0.5) is 61.5 Å². The fraction of sp³-hybridized carbons (Fsp3) is 0.0476. The maximum atomic E-state index is 16.8. The summed E-state index contributed by atoms with van der Waals surface area (Å²) in [6, 6.07) is 11.2. The Bertz CT molecular complexity index is 2540. The molecule has 294 valence electrons. The van der Waals surface area contributed by atoms with Crippen molar-refractivity contribution in [2.75, 3.05) is 0 Å². The Balaban J connectivity index is 1.75. The topological polar surface area (TPSA) is 25.8 Å². The average Bonchev–Trinajstić information content (AvgIpc) is 3.20. The first kappa shape index (κ1) is 39.6. The molecule has 0 fully saturated rings. The molecule has 0 aliphatic heterocycles. The smallest absolute Gasteiger partial charge is 0.264 e. The molecule has 0 radical (unpaired) electrons. The molecule has 0 aliphatic rings. The second-order valence-corrected chi connectivity index (χ2v) is 12.5. The molecule has 0 N–H and O–H groups in total. The van der Waals surface area contributed by atoms with Crippen molar-refractivity contribution in [3.8, 4) is 66.8 Å². The van der Waals surface area contributed by atoms with Gasteiger partial charge in [0.1, 0.15) is 11.6 Å². The molecular formula is C42H18F14N2. The van der Waals surface area contributed by atoms with Gasteiger partial charge >= 0.3 is 12.4 Å². The SMILES string of the molecule is Fc1c(F)c(-c2cccnc2)c(F)c(-c2cc(-c3ccccc3C(F)(F)F)c(-c3c(F)c(F)c(F)c(-c4cccnc4)c3F)cc2-c2ccccc2C(F)(F)F)c1F. The van der Waals surface area contributed by atoms with E-state index in [9.17, 15) is 26.3 Å². The van der Waals surface area contributed by atoms with E-state index in [-0.39, 0.29) is 0 Å². The first-order valence-electron chi connectivity index (χ1n) is 16.5. The van der Waals surface area contributed by atoms with Gasteiger partial charge in [0.25, 0.3) is 0 Å². The normalized spacial score (nSPS) is 12.0. The maximum absolute atomic E-state index is 16.8. The number of aromatic nitrogens is 2. The molecule has 5 aromatic carbocycles. The number of halogens is 14. The average molecular weight is 817 g/mol. The quantitative estimate of drug-likeness (QED) is 0.0949. The Morgan fingerprint density at radius 3 is 1.00 bits per heavy atom. The summed E-state index contributed by atoms with van der Waals surface area (Å²) in [7, 11) is 0. The van der Waals surface area contributed by atoms with Crippen LogP contribution in [0.3, 0.4) is 0 Å². The first-order valence-corrected chi connectivity index (χ1v) is 16.5. The summed E-state index contributed by atoms with van der Waals surface area (Å²) >= 11 is 0. The molecule has 0 saturated heterocycles. The van der Waals surface area contributed by atoms with Crippen LogP contribution in [0.5, 0.6) is 0 Å². The van der Waals surface area contributed by atoms with Gasteiger partial charge in [0, 0.05) is 35.9 Å². The molecule has 7 aromatic rings. The van der Waals surface area contributed by atoms with Crippen molar-refractivity contribution >= 4 is 0 Å². The molecule has 0 atom stereocenters. The van der Waals surface area contributed by atoms with Crippen LogP contribution in [0.1, 0.15) is 11.1 Å². The Hall–Kier alpha value is -6.58. The predicted molar refractivity (Wildman–Crippen MR) is 184 cm³/mol. The lowest BCUT2D eigenvalue weighted by molar-refractivity contribution is -0.137. The Kier molecular flexibility index (Phi) is 10.1. The van der Waals surface area contributed by atoms with Crippen LogP contribution in [0, 0.1) is 46.5 Å². The number of rotatable bonds is 6. The van der Waals surface area contributed by atoms with E-state index in [0.717, 1.165) is 73.3 Å². The van der Waals surface area contributed by atoms with Crippen LogP contribution >= 0.6 is 0 Å². The highest BCUT2D eigenvalue weighted by Gasteiger charge is 2.39. The summed E-state index contributed by atoms with van der Waals surface area (Å²) < 4.78 is 216. The van der Waals surface area contributed by atoms with E-state index in [0.29, 0.717) is 36.4 Å². The second kappa shape index (κ2) is 14.7. The first-order chi connectivity index (χ1) is 27.4. The van der Waals surface area contributed by atoms with Crippen molar-refractivity contribution in [1.82, 2.24) is 9.97 Å². The minimum atomic E-state index is -5.31. The van der Waals surface area contributed by atoms with Gasteiger partial charge in [0.05, 0.1) is 33.4 Å². The van der Waals surface area contributed by atoms with Gasteiger partial charge < -0.3 is 0 Å². The van der Waals surface area contributed by atoms with Crippen LogP contribution in [0.25, 0.3) is 66.8 Å². The molecule has 2 aromatic heterocycles. The molecule has 0 spiro atoms. The molecule has 58 heavy (non-hydrogen) atoms. The zero-order valence-corrected chi connectivity index (χ0v) is 28.6. The Morgan fingerprint density at radius 1 is 0.328 bits per heavy atom. The number of hydrogen-bond acceptors (Lipinski definition) is 2. The zero-order valence-electron chi connectivity index (χ0n) is 28.6. The van der Waals surface area contributed by atoms with Crippen molar-refractivity contribution in [2.45, 2.75) is 12.4 Å². The number of nitrogens with zero attached hydrogens (tertiary/aromatic N) is 2. The van der Waals surface area contributed by atoms with Crippen LogP contribution in [0.2, 0.25) is 0 Å². The fourth-order valence-electron chi connectivity index (χ4n) is 6.66. The van der Waals surface area contributed by atoms with Crippen molar-refractivity contribution < 1.29 is 61.5 Å². The molecular weight excluding hydrogens is 798 g/mol. The van der Waals surface area contributed by atoms with Crippen LogP contribution in [-0.2, 0) is 12.4 Å². The number of benzene rings is 5. The monoisotopic (exact) mass is 816 g/mol. The molecule has 16 heteroatoms. The lowest BCUT2D eigenvalue weighted by Crippen LogP contribution is -2.11. The van der Waals surface area contributed by atoms with Gasteiger partial charge in [-0.1, -0.05) is 48.5 Å². The van der Waals surface area contributed by atoms with Gasteiger partial charge in [-0.2, -0.15) is 26.3 Å². The maximum Gasteiger partial charge on any atom is 0.417 e. The predicted octanol–water partition coefficient (Wildman–Crippen LogP) is 13.6. The fourth-order valence-corrected chi connectivity index (χ4v) is 6.66. The standard InChI is InChI=1S/C42H18F14N2/c43-33-29(19-7-5-13-57-17-19)35(45)39(49)37(47)31(33)25-16-24(22-10-2-4-12-28(22)42(54,55)56)26(15-23(25)21-9-1-3-11-27(21)41(51,52)53)32-34(44)30(20-8-6-14-58-18-20)36(46)40(50)38(32)48/h1-18H.